The highest BCUT2D eigenvalue weighted by Gasteiger charge is 2.38. The van der Waals surface area contributed by atoms with Crippen LogP contribution in [0.2, 0.25) is 0 Å². The van der Waals surface area contributed by atoms with Gasteiger partial charge in [-0.05, 0) is 37.3 Å². The second-order valence-corrected chi connectivity index (χ2v) is 5.59. The van der Waals surface area contributed by atoms with E-state index in [2.05, 4.69) is 4.98 Å². The summed E-state index contributed by atoms with van der Waals surface area (Å²) in [4.78, 5) is 15.9. The van der Waals surface area contributed by atoms with Gasteiger partial charge in [0.25, 0.3) is 5.91 Å². The lowest BCUT2D eigenvalue weighted by Crippen LogP contribution is -2.20. The minimum absolute atomic E-state index is 0.0340. The minimum atomic E-state index is -4.41. The molecule has 0 aliphatic heterocycles. The highest BCUT2D eigenvalue weighted by Crippen LogP contribution is 2.43. The van der Waals surface area contributed by atoms with E-state index in [0.29, 0.717) is 23.7 Å². The number of hydrogen-bond acceptors (Lipinski definition) is 2. The number of amides is 1. The summed E-state index contributed by atoms with van der Waals surface area (Å²) < 4.78 is 40.3. The molecule has 0 unspecified atom stereocenters. The van der Waals surface area contributed by atoms with Crippen molar-refractivity contribution in [2.24, 2.45) is 5.73 Å². The number of pyridine rings is 1. The predicted octanol–water partition coefficient (Wildman–Crippen LogP) is 4.22. The topological polar surface area (TPSA) is 56.0 Å². The first-order valence-electron chi connectivity index (χ1n) is 7.36. The molecule has 2 N–H and O–H groups in total. The van der Waals surface area contributed by atoms with Crippen molar-refractivity contribution >= 4 is 22.4 Å². The molecule has 0 spiro atoms. The maximum Gasteiger partial charge on any atom is 0.412 e. The fourth-order valence-corrected chi connectivity index (χ4v) is 3.15. The van der Waals surface area contributed by atoms with Crippen LogP contribution < -0.4 is 5.73 Å². The normalized spacial score (nSPS) is 16.0. The van der Waals surface area contributed by atoms with Gasteiger partial charge in [-0.15, -0.1) is 0 Å². The number of rotatable bonds is 2. The molecule has 3 rings (SSSR count). The zero-order valence-electron chi connectivity index (χ0n) is 12.3. The molecular weight excluding hydrogens is 305 g/mol. The SMILES string of the molecule is NC(=O)c1cnc2ccccc2c1C1=C(C(F)(F)F)CCCC1. The molecule has 1 amide bonds. The van der Waals surface area contributed by atoms with E-state index in [1.165, 1.54) is 6.20 Å². The molecule has 1 aliphatic rings. The molecule has 0 saturated heterocycles. The summed E-state index contributed by atoms with van der Waals surface area (Å²) in [6.45, 7) is 0. The number of halogens is 3. The van der Waals surface area contributed by atoms with Crippen molar-refractivity contribution in [3.05, 3.63) is 47.2 Å². The number of hydrogen-bond donors (Lipinski definition) is 1. The number of nitrogens with zero attached hydrogens (tertiary/aromatic N) is 1. The van der Waals surface area contributed by atoms with Crippen molar-refractivity contribution in [3.63, 3.8) is 0 Å². The number of carbonyl (C=O) groups excluding carboxylic acids is 1. The Morgan fingerprint density at radius 2 is 1.83 bits per heavy atom. The summed E-state index contributed by atoms with van der Waals surface area (Å²) in [6.07, 6.45) is -1.74. The molecule has 120 valence electrons. The summed E-state index contributed by atoms with van der Waals surface area (Å²) in [7, 11) is 0. The van der Waals surface area contributed by atoms with Crippen molar-refractivity contribution in [1.29, 1.82) is 0 Å². The number of nitrogens with two attached hydrogens (primary N) is 1. The quantitative estimate of drug-likeness (QED) is 0.900. The molecule has 6 heteroatoms. The van der Waals surface area contributed by atoms with Gasteiger partial charge in [-0.3, -0.25) is 9.78 Å². The molecule has 1 heterocycles. The lowest BCUT2D eigenvalue weighted by Gasteiger charge is -2.24. The monoisotopic (exact) mass is 320 g/mol. The van der Waals surface area contributed by atoms with Gasteiger partial charge < -0.3 is 5.73 Å². The van der Waals surface area contributed by atoms with Gasteiger partial charge in [0.15, 0.2) is 0 Å². The van der Waals surface area contributed by atoms with Gasteiger partial charge in [0.05, 0.1) is 11.1 Å². The molecule has 0 bridgehead atoms. The average Bonchev–Trinajstić information content (AvgIpc) is 2.52. The van der Waals surface area contributed by atoms with Crippen molar-refractivity contribution in [2.75, 3.05) is 0 Å². The summed E-state index contributed by atoms with van der Waals surface area (Å²) in [5.74, 6) is -0.766. The van der Waals surface area contributed by atoms with E-state index in [1.54, 1.807) is 24.3 Å². The Labute approximate surface area is 131 Å². The number of benzene rings is 1. The van der Waals surface area contributed by atoms with Crippen LogP contribution in [0.3, 0.4) is 0 Å². The van der Waals surface area contributed by atoms with Crippen LogP contribution in [0.5, 0.6) is 0 Å². The van der Waals surface area contributed by atoms with Crippen LogP contribution >= 0.6 is 0 Å². The van der Waals surface area contributed by atoms with Crippen molar-refractivity contribution in [2.45, 2.75) is 31.9 Å². The van der Waals surface area contributed by atoms with Gasteiger partial charge in [-0.1, -0.05) is 18.2 Å². The van der Waals surface area contributed by atoms with Gasteiger partial charge in [0, 0.05) is 22.7 Å². The fraction of sp³-hybridized carbons (Fsp3) is 0.294. The molecule has 1 aliphatic carbocycles. The molecule has 2 aromatic rings. The number of aromatic nitrogens is 1. The third-order valence-corrected chi connectivity index (χ3v) is 4.15. The number of fused-ring (bicyclic) bond motifs is 1. The largest absolute Gasteiger partial charge is 0.412 e. The van der Waals surface area contributed by atoms with Crippen LogP contribution in [-0.4, -0.2) is 17.1 Å². The highest BCUT2D eigenvalue weighted by molar-refractivity contribution is 6.05. The number of allylic oxidation sites excluding steroid dienone is 2. The Balaban J connectivity index is 2.39. The van der Waals surface area contributed by atoms with Crippen LogP contribution in [-0.2, 0) is 0 Å². The van der Waals surface area contributed by atoms with E-state index >= 15 is 0 Å². The Morgan fingerprint density at radius 3 is 2.52 bits per heavy atom. The van der Waals surface area contributed by atoms with Crippen molar-refractivity contribution in [3.8, 4) is 0 Å². The molecule has 0 radical (unpaired) electrons. The first kappa shape index (κ1) is 15.5. The maximum absolute atomic E-state index is 13.4. The zero-order chi connectivity index (χ0) is 16.6. The Kier molecular flexibility index (Phi) is 3.83. The number of carbonyl (C=O) groups is 1. The lowest BCUT2D eigenvalue weighted by molar-refractivity contribution is -0.0941. The van der Waals surface area contributed by atoms with E-state index < -0.39 is 17.7 Å². The Morgan fingerprint density at radius 1 is 1.13 bits per heavy atom. The summed E-state index contributed by atoms with van der Waals surface area (Å²) in [6, 6.07) is 6.86. The maximum atomic E-state index is 13.4. The van der Waals surface area contributed by atoms with E-state index in [-0.39, 0.29) is 29.5 Å². The van der Waals surface area contributed by atoms with E-state index in [9.17, 15) is 18.0 Å². The summed E-state index contributed by atoms with van der Waals surface area (Å²) >= 11 is 0. The Hall–Kier alpha value is -2.37. The van der Waals surface area contributed by atoms with Gasteiger partial charge in [-0.25, -0.2) is 0 Å². The second-order valence-electron chi connectivity index (χ2n) is 5.59. The van der Waals surface area contributed by atoms with E-state index in [1.807, 2.05) is 0 Å². The standard InChI is InChI=1S/C17H15F3N2O/c18-17(19,20)13-7-3-1-5-10(13)15-11-6-2-4-8-14(11)22-9-12(15)16(21)23/h2,4,6,8-9H,1,3,5,7H2,(H2,21,23). The molecule has 0 fully saturated rings. The highest BCUT2D eigenvalue weighted by atomic mass is 19.4. The third kappa shape index (κ3) is 2.81. The average molecular weight is 320 g/mol. The third-order valence-electron chi connectivity index (χ3n) is 4.15. The van der Waals surface area contributed by atoms with Crippen molar-refractivity contribution < 1.29 is 18.0 Å². The number of alkyl halides is 3. The molecule has 23 heavy (non-hydrogen) atoms. The zero-order valence-corrected chi connectivity index (χ0v) is 12.3. The number of primary amides is 1. The van der Waals surface area contributed by atoms with E-state index in [0.717, 1.165) is 0 Å². The second kappa shape index (κ2) is 5.68. The minimum Gasteiger partial charge on any atom is -0.366 e. The number of para-hydroxylation sites is 1. The first-order chi connectivity index (χ1) is 10.9. The lowest BCUT2D eigenvalue weighted by atomic mass is 9.83. The molecule has 0 atom stereocenters. The molecular formula is C17H15F3N2O. The van der Waals surface area contributed by atoms with Gasteiger partial charge in [0.1, 0.15) is 0 Å². The van der Waals surface area contributed by atoms with Gasteiger partial charge >= 0.3 is 6.18 Å². The van der Waals surface area contributed by atoms with Crippen LogP contribution in [0.15, 0.2) is 36.0 Å². The van der Waals surface area contributed by atoms with E-state index in [4.69, 9.17) is 5.73 Å². The van der Waals surface area contributed by atoms with Crippen LogP contribution in [0, 0.1) is 0 Å². The fourth-order valence-electron chi connectivity index (χ4n) is 3.15. The van der Waals surface area contributed by atoms with Gasteiger partial charge in [0.2, 0.25) is 0 Å². The Bertz CT molecular complexity index is 809. The molecule has 1 aromatic carbocycles. The smallest absolute Gasteiger partial charge is 0.366 e. The van der Waals surface area contributed by atoms with Gasteiger partial charge in [-0.2, -0.15) is 13.2 Å². The van der Waals surface area contributed by atoms with Crippen LogP contribution in [0.25, 0.3) is 16.5 Å². The van der Waals surface area contributed by atoms with Crippen LogP contribution in [0.1, 0.15) is 41.6 Å². The van der Waals surface area contributed by atoms with Crippen molar-refractivity contribution in [1.82, 2.24) is 4.98 Å². The molecule has 0 saturated carbocycles. The van der Waals surface area contributed by atoms with Crippen LogP contribution in [0.4, 0.5) is 13.2 Å². The molecule has 3 nitrogen and oxygen atoms in total. The predicted molar refractivity (Wildman–Crippen MR) is 81.7 cm³/mol. The first-order valence-corrected chi connectivity index (χ1v) is 7.36. The summed E-state index contributed by atoms with van der Waals surface area (Å²) in [5, 5.41) is 0.530. The molecule has 1 aromatic heterocycles. The summed E-state index contributed by atoms with van der Waals surface area (Å²) in [5.41, 5.74) is 5.89.